The first-order valence-electron chi connectivity index (χ1n) is 6.54. The van der Waals surface area contributed by atoms with Crippen molar-refractivity contribution in [3.63, 3.8) is 0 Å². The van der Waals surface area contributed by atoms with Crippen molar-refractivity contribution < 1.29 is 0 Å². The largest absolute Gasteiger partial charge is 0.370 e. The minimum Gasteiger partial charge on any atom is -0.370 e. The summed E-state index contributed by atoms with van der Waals surface area (Å²) in [7, 11) is 0. The third-order valence-electron chi connectivity index (χ3n) is 3.39. The van der Waals surface area contributed by atoms with Crippen molar-refractivity contribution >= 4 is 17.4 Å². The van der Waals surface area contributed by atoms with E-state index >= 15 is 0 Å². The van der Waals surface area contributed by atoms with Gasteiger partial charge in [0.15, 0.2) is 0 Å². The zero-order valence-electron chi connectivity index (χ0n) is 11.7. The molecule has 0 spiro atoms. The number of pyridine rings is 1. The molecular formula is C14H24ClN3. The predicted octanol–water partition coefficient (Wildman–Crippen LogP) is 3.53. The molecule has 0 unspecified atom stereocenters. The van der Waals surface area contributed by atoms with Crippen LogP contribution in [0, 0.1) is 17.8 Å². The van der Waals surface area contributed by atoms with Crippen LogP contribution in [-0.2, 0) is 6.54 Å². The fraction of sp³-hybridized carbons (Fsp3) is 0.643. The molecule has 0 fully saturated rings. The summed E-state index contributed by atoms with van der Waals surface area (Å²) in [6.07, 6.45) is 1.66. The molecule has 1 aromatic rings. The number of nitrogens with two attached hydrogens (primary N) is 1. The average Bonchev–Trinajstić information content (AvgIpc) is 2.30. The SMILES string of the molecule is CC(C)C(CNc1cc(CN)c(Cl)cn1)C(C)C. The van der Waals surface area contributed by atoms with Crippen LogP contribution in [0.5, 0.6) is 0 Å². The molecule has 0 amide bonds. The zero-order valence-corrected chi connectivity index (χ0v) is 12.5. The lowest BCUT2D eigenvalue weighted by atomic mass is 9.85. The molecule has 3 N–H and O–H groups in total. The van der Waals surface area contributed by atoms with E-state index in [9.17, 15) is 0 Å². The van der Waals surface area contributed by atoms with Gasteiger partial charge in [-0.3, -0.25) is 0 Å². The maximum Gasteiger partial charge on any atom is 0.126 e. The first kappa shape index (κ1) is 15.3. The Morgan fingerprint density at radius 2 is 1.89 bits per heavy atom. The van der Waals surface area contributed by atoms with E-state index in [-0.39, 0.29) is 0 Å². The van der Waals surface area contributed by atoms with Crippen molar-refractivity contribution in [2.45, 2.75) is 34.2 Å². The summed E-state index contributed by atoms with van der Waals surface area (Å²) in [5, 5.41) is 4.02. The lowest BCUT2D eigenvalue weighted by Crippen LogP contribution is -2.24. The Morgan fingerprint density at radius 3 is 2.39 bits per heavy atom. The molecule has 0 radical (unpaired) electrons. The minimum atomic E-state index is 0.438. The van der Waals surface area contributed by atoms with Gasteiger partial charge in [0.2, 0.25) is 0 Å². The number of hydrogen-bond donors (Lipinski definition) is 2. The fourth-order valence-corrected chi connectivity index (χ4v) is 2.38. The third-order valence-corrected chi connectivity index (χ3v) is 3.73. The number of nitrogens with one attached hydrogen (secondary N) is 1. The molecule has 0 aliphatic carbocycles. The van der Waals surface area contributed by atoms with Gasteiger partial charge in [0, 0.05) is 19.3 Å². The maximum absolute atomic E-state index is 5.99. The van der Waals surface area contributed by atoms with Gasteiger partial charge < -0.3 is 11.1 Å². The maximum atomic E-state index is 5.99. The summed E-state index contributed by atoms with van der Waals surface area (Å²) >= 11 is 5.99. The smallest absolute Gasteiger partial charge is 0.126 e. The normalized spacial score (nSPS) is 11.6. The molecule has 0 bridgehead atoms. The van der Waals surface area contributed by atoms with Crippen LogP contribution in [0.25, 0.3) is 0 Å². The number of hydrogen-bond acceptors (Lipinski definition) is 3. The Balaban J connectivity index is 2.67. The summed E-state index contributed by atoms with van der Waals surface area (Å²) in [6, 6.07) is 1.93. The molecular weight excluding hydrogens is 246 g/mol. The van der Waals surface area contributed by atoms with Crippen molar-refractivity contribution in [1.29, 1.82) is 0 Å². The first-order chi connectivity index (χ1) is 8.45. The Hall–Kier alpha value is -0.800. The number of aromatic nitrogens is 1. The lowest BCUT2D eigenvalue weighted by molar-refractivity contribution is 0.304. The van der Waals surface area contributed by atoms with E-state index in [0.29, 0.717) is 29.3 Å². The van der Waals surface area contributed by atoms with Crippen LogP contribution in [-0.4, -0.2) is 11.5 Å². The molecule has 0 saturated carbocycles. The monoisotopic (exact) mass is 269 g/mol. The van der Waals surface area contributed by atoms with Crippen LogP contribution in [0.2, 0.25) is 5.02 Å². The van der Waals surface area contributed by atoms with E-state index in [1.54, 1.807) is 6.20 Å². The second kappa shape index (κ2) is 6.95. The van der Waals surface area contributed by atoms with Gasteiger partial charge >= 0.3 is 0 Å². The lowest BCUT2D eigenvalue weighted by Gasteiger charge is -2.25. The molecule has 4 heteroatoms. The quantitative estimate of drug-likeness (QED) is 0.831. The van der Waals surface area contributed by atoms with E-state index in [1.807, 2.05) is 6.07 Å². The summed E-state index contributed by atoms with van der Waals surface area (Å²) in [5.41, 5.74) is 6.56. The van der Waals surface area contributed by atoms with Crippen molar-refractivity contribution in [1.82, 2.24) is 4.98 Å². The van der Waals surface area contributed by atoms with Crippen molar-refractivity contribution in [3.8, 4) is 0 Å². The Morgan fingerprint density at radius 1 is 1.28 bits per heavy atom. The van der Waals surface area contributed by atoms with Crippen LogP contribution in [0.4, 0.5) is 5.82 Å². The van der Waals surface area contributed by atoms with Gasteiger partial charge in [-0.05, 0) is 29.4 Å². The van der Waals surface area contributed by atoms with Crippen LogP contribution < -0.4 is 11.1 Å². The molecule has 3 nitrogen and oxygen atoms in total. The molecule has 0 atom stereocenters. The predicted molar refractivity (Wildman–Crippen MR) is 78.8 cm³/mol. The van der Waals surface area contributed by atoms with E-state index < -0.39 is 0 Å². The van der Waals surface area contributed by atoms with Gasteiger partial charge in [0.1, 0.15) is 5.82 Å². The van der Waals surface area contributed by atoms with Gasteiger partial charge in [-0.25, -0.2) is 4.98 Å². The van der Waals surface area contributed by atoms with E-state index in [2.05, 4.69) is 38.0 Å². The molecule has 18 heavy (non-hydrogen) atoms. The highest BCUT2D eigenvalue weighted by Crippen LogP contribution is 2.22. The van der Waals surface area contributed by atoms with E-state index in [1.165, 1.54) is 0 Å². The second-order valence-electron chi connectivity index (χ2n) is 5.40. The van der Waals surface area contributed by atoms with Crippen LogP contribution in [0.15, 0.2) is 12.3 Å². The molecule has 0 saturated heterocycles. The van der Waals surface area contributed by atoms with Gasteiger partial charge in [-0.1, -0.05) is 39.3 Å². The highest BCUT2D eigenvalue weighted by Gasteiger charge is 2.17. The Bertz CT molecular complexity index is 369. The topological polar surface area (TPSA) is 50.9 Å². The molecule has 1 rings (SSSR count). The molecule has 1 aromatic heterocycles. The number of nitrogens with zero attached hydrogens (tertiary/aromatic N) is 1. The molecule has 0 aromatic carbocycles. The van der Waals surface area contributed by atoms with E-state index in [0.717, 1.165) is 17.9 Å². The Labute approximate surface area is 115 Å². The second-order valence-corrected chi connectivity index (χ2v) is 5.81. The standard InChI is InChI=1S/C14H24ClN3/c1-9(2)12(10(3)4)7-17-14-5-11(6-16)13(15)8-18-14/h5,8-10,12H,6-7,16H2,1-4H3,(H,17,18). The first-order valence-corrected chi connectivity index (χ1v) is 6.91. The molecule has 1 heterocycles. The Kier molecular flexibility index (Phi) is 5.89. The molecule has 102 valence electrons. The highest BCUT2D eigenvalue weighted by molar-refractivity contribution is 6.31. The zero-order chi connectivity index (χ0) is 13.7. The fourth-order valence-electron chi connectivity index (χ4n) is 2.20. The van der Waals surface area contributed by atoms with Gasteiger partial charge in [-0.15, -0.1) is 0 Å². The molecule has 0 aliphatic heterocycles. The number of anilines is 1. The van der Waals surface area contributed by atoms with Crippen LogP contribution in [0.3, 0.4) is 0 Å². The average molecular weight is 270 g/mol. The van der Waals surface area contributed by atoms with Crippen LogP contribution >= 0.6 is 11.6 Å². The summed E-state index contributed by atoms with van der Waals surface area (Å²) in [4.78, 5) is 4.28. The van der Waals surface area contributed by atoms with Gasteiger partial charge in [0.05, 0.1) is 5.02 Å². The van der Waals surface area contributed by atoms with E-state index in [4.69, 9.17) is 17.3 Å². The summed E-state index contributed by atoms with van der Waals surface area (Å²) < 4.78 is 0. The highest BCUT2D eigenvalue weighted by atomic mass is 35.5. The minimum absolute atomic E-state index is 0.438. The summed E-state index contributed by atoms with van der Waals surface area (Å²) in [5.74, 6) is 2.78. The van der Waals surface area contributed by atoms with Crippen molar-refractivity contribution in [3.05, 3.63) is 22.8 Å². The van der Waals surface area contributed by atoms with Crippen molar-refractivity contribution in [2.24, 2.45) is 23.5 Å². The number of halogens is 1. The molecule has 0 aliphatic rings. The van der Waals surface area contributed by atoms with Gasteiger partial charge in [-0.2, -0.15) is 0 Å². The number of rotatable bonds is 6. The third kappa shape index (κ3) is 4.14. The van der Waals surface area contributed by atoms with Crippen molar-refractivity contribution in [2.75, 3.05) is 11.9 Å². The van der Waals surface area contributed by atoms with Crippen LogP contribution in [0.1, 0.15) is 33.3 Å². The summed E-state index contributed by atoms with van der Waals surface area (Å²) in [6.45, 7) is 10.4. The van der Waals surface area contributed by atoms with Gasteiger partial charge in [0.25, 0.3) is 0 Å².